The Morgan fingerprint density at radius 3 is 2.22 bits per heavy atom. The van der Waals surface area contributed by atoms with E-state index in [0.29, 0.717) is 18.8 Å². The molecule has 0 unspecified atom stereocenters. The van der Waals surface area contributed by atoms with Gasteiger partial charge < -0.3 is 10.1 Å². The number of Topliss-reactive ketones (excluding diaryl/α,β-unsaturated/α-hetero) is 1. The summed E-state index contributed by atoms with van der Waals surface area (Å²) in [6.07, 6.45) is 3.18. The van der Waals surface area contributed by atoms with Crippen molar-refractivity contribution < 1.29 is 18.0 Å². The van der Waals surface area contributed by atoms with Gasteiger partial charge in [0.1, 0.15) is 5.78 Å². The minimum absolute atomic E-state index is 0.0388. The minimum Gasteiger partial charge on any atom is -0.326 e. The molecule has 0 saturated carbocycles. The van der Waals surface area contributed by atoms with E-state index < -0.39 is 10.0 Å². The summed E-state index contributed by atoms with van der Waals surface area (Å²) in [5.41, 5.74) is 0.524. The molecule has 2 rings (SSSR count). The predicted molar refractivity (Wildman–Crippen MR) is 87.6 cm³/mol. The van der Waals surface area contributed by atoms with Crippen molar-refractivity contribution in [3.8, 4) is 0 Å². The van der Waals surface area contributed by atoms with Gasteiger partial charge in [-0.2, -0.15) is 4.31 Å². The molecule has 1 aromatic carbocycles. The van der Waals surface area contributed by atoms with Gasteiger partial charge in [0.15, 0.2) is 0 Å². The summed E-state index contributed by atoms with van der Waals surface area (Å²) in [6, 6.07) is 6.15. The summed E-state index contributed by atoms with van der Waals surface area (Å²) >= 11 is 0. The molecule has 1 aliphatic heterocycles. The molecule has 0 atom stereocenters. The van der Waals surface area contributed by atoms with Crippen LogP contribution in [0.5, 0.6) is 0 Å². The fourth-order valence-electron chi connectivity index (χ4n) is 2.48. The van der Waals surface area contributed by atoms with Gasteiger partial charge in [0.2, 0.25) is 15.9 Å². The first-order chi connectivity index (χ1) is 10.9. The van der Waals surface area contributed by atoms with Gasteiger partial charge >= 0.3 is 0 Å². The minimum atomic E-state index is -3.45. The molecule has 0 aromatic heterocycles. The molecule has 126 valence electrons. The van der Waals surface area contributed by atoms with Crippen molar-refractivity contribution in [2.45, 2.75) is 43.9 Å². The number of carbonyl (C=O) groups is 2. The summed E-state index contributed by atoms with van der Waals surface area (Å²) in [5, 5.41) is 2.66. The van der Waals surface area contributed by atoms with Crippen LogP contribution in [0.25, 0.3) is 0 Å². The number of rotatable bonds is 6. The van der Waals surface area contributed by atoms with Crippen LogP contribution in [0.1, 0.15) is 39.0 Å². The Kier molecular flexibility index (Phi) is 5.90. The molecule has 1 aliphatic rings. The lowest BCUT2D eigenvalue weighted by molar-refractivity contribution is -0.121. The number of anilines is 1. The van der Waals surface area contributed by atoms with Crippen molar-refractivity contribution in [1.82, 2.24) is 4.31 Å². The van der Waals surface area contributed by atoms with E-state index in [9.17, 15) is 18.0 Å². The van der Waals surface area contributed by atoms with E-state index in [1.165, 1.54) is 23.4 Å². The van der Waals surface area contributed by atoms with Crippen molar-refractivity contribution in [3.63, 3.8) is 0 Å². The normalized spacial score (nSPS) is 16.0. The summed E-state index contributed by atoms with van der Waals surface area (Å²) < 4.78 is 26.5. The van der Waals surface area contributed by atoms with Gasteiger partial charge in [-0.3, -0.25) is 4.79 Å². The maximum Gasteiger partial charge on any atom is 0.243 e. The average Bonchev–Trinajstić information content (AvgIpc) is 2.54. The highest BCUT2D eigenvalue weighted by Crippen LogP contribution is 2.22. The second-order valence-electron chi connectivity index (χ2n) is 5.74. The van der Waals surface area contributed by atoms with E-state index in [1.807, 2.05) is 0 Å². The zero-order valence-electron chi connectivity index (χ0n) is 13.2. The quantitative estimate of drug-likeness (QED) is 0.861. The van der Waals surface area contributed by atoms with Crippen molar-refractivity contribution in [1.29, 1.82) is 0 Å². The van der Waals surface area contributed by atoms with E-state index >= 15 is 0 Å². The van der Waals surface area contributed by atoms with Crippen molar-refractivity contribution >= 4 is 27.4 Å². The third kappa shape index (κ3) is 4.87. The summed E-state index contributed by atoms with van der Waals surface area (Å²) in [4.78, 5) is 22.7. The van der Waals surface area contributed by atoms with Crippen molar-refractivity contribution in [2.75, 3.05) is 18.4 Å². The lowest BCUT2D eigenvalue weighted by Gasteiger charge is -2.25. The largest absolute Gasteiger partial charge is 0.326 e. The first-order valence-electron chi connectivity index (χ1n) is 7.79. The lowest BCUT2D eigenvalue weighted by atomic mass is 10.2. The summed E-state index contributed by atoms with van der Waals surface area (Å²) in [6.45, 7) is 2.56. The molecule has 1 N–H and O–H groups in total. The Hall–Kier alpha value is -1.73. The van der Waals surface area contributed by atoms with Crippen LogP contribution in [0, 0.1) is 0 Å². The fraction of sp³-hybridized carbons (Fsp3) is 0.500. The molecule has 7 heteroatoms. The topological polar surface area (TPSA) is 83.5 Å². The number of ketones is 1. The van der Waals surface area contributed by atoms with Gasteiger partial charge in [-0.25, -0.2) is 8.42 Å². The van der Waals surface area contributed by atoms with Gasteiger partial charge in [-0.05, 0) is 44.0 Å². The molecule has 1 aromatic rings. The molecule has 0 bridgehead atoms. The summed E-state index contributed by atoms with van der Waals surface area (Å²) in [7, 11) is -3.45. The number of sulfonamides is 1. The van der Waals surface area contributed by atoms with Gasteiger partial charge in [0, 0.05) is 31.6 Å². The van der Waals surface area contributed by atoms with Crippen LogP contribution in [0.15, 0.2) is 29.2 Å². The fourth-order valence-corrected chi connectivity index (χ4v) is 3.99. The number of hydrogen-bond acceptors (Lipinski definition) is 4. The van der Waals surface area contributed by atoms with E-state index in [4.69, 9.17) is 0 Å². The third-order valence-electron chi connectivity index (χ3n) is 3.80. The molecular weight excluding hydrogens is 316 g/mol. The third-order valence-corrected chi connectivity index (χ3v) is 5.71. The van der Waals surface area contributed by atoms with Gasteiger partial charge in [0.25, 0.3) is 0 Å². The van der Waals surface area contributed by atoms with Gasteiger partial charge in [-0.1, -0.05) is 6.42 Å². The molecule has 0 spiro atoms. The van der Waals surface area contributed by atoms with Crippen LogP contribution in [0.4, 0.5) is 5.69 Å². The number of nitrogens with zero attached hydrogens (tertiary/aromatic N) is 1. The van der Waals surface area contributed by atoms with Gasteiger partial charge in [0.05, 0.1) is 4.90 Å². The SMILES string of the molecule is CC(=O)CCC(=O)Nc1ccc(S(=O)(=O)N2CCCCC2)cc1. The number of nitrogens with one attached hydrogen (secondary N) is 1. The highest BCUT2D eigenvalue weighted by Gasteiger charge is 2.25. The maximum absolute atomic E-state index is 12.5. The molecule has 6 nitrogen and oxygen atoms in total. The number of carbonyl (C=O) groups excluding carboxylic acids is 2. The Labute approximate surface area is 136 Å². The first-order valence-corrected chi connectivity index (χ1v) is 9.23. The first kappa shape index (κ1) is 17.6. The molecule has 23 heavy (non-hydrogen) atoms. The van der Waals surface area contributed by atoms with Crippen LogP contribution in [0.3, 0.4) is 0 Å². The van der Waals surface area contributed by atoms with Crippen LogP contribution in [0.2, 0.25) is 0 Å². The number of piperidine rings is 1. The van der Waals surface area contributed by atoms with Crippen molar-refractivity contribution in [2.24, 2.45) is 0 Å². The molecule has 1 heterocycles. The van der Waals surface area contributed by atoms with E-state index in [1.54, 1.807) is 12.1 Å². The lowest BCUT2D eigenvalue weighted by Crippen LogP contribution is -2.35. The Balaban J connectivity index is 2.01. The number of amides is 1. The van der Waals surface area contributed by atoms with Crippen molar-refractivity contribution in [3.05, 3.63) is 24.3 Å². The monoisotopic (exact) mass is 338 g/mol. The van der Waals surface area contributed by atoms with E-state index in [-0.39, 0.29) is 29.4 Å². The summed E-state index contributed by atoms with van der Waals surface area (Å²) in [5.74, 6) is -0.296. The molecule has 0 radical (unpaired) electrons. The van der Waals surface area contributed by atoms with Crippen LogP contribution < -0.4 is 5.32 Å². The zero-order chi connectivity index (χ0) is 16.9. The van der Waals surface area contributed by atoms with Gasteiger partial charge in [-0.15, -0.1) is 0 Å². The Bertz CT molecular complexity index is 662. The maximum atomic E-state index is 12.5. The molecule has 1 saturated heterocycles. The number of benzene rings is 1. The second-order valence-corrected chi connectivity index (χ2v) is 7.68. The number of hydrogen-bond donors (Lipinski definition) is 1. The predicted octanol–water partition coefficient (Wildman–Crippen LogP) is 2.17. The molecule has 1 fully saturated rings. The van der Waals surface area contributed by atoms with Crippen LogP contribution in [-0.4, -0.2) is 37.5 Å². The van der Waals surface area contributed by atoms with E-state index in [0.717, 1.165) is 19.3 Å². The molecular formula is C16H22N2O4S. The molecule has 1 amide bonds. The van der Waals surface area contributed by atoms with Crippen LogP contribution in [-0.2, 0) is 19.6 Å². The van der Waals surface area contributed by atoms with E-state index in [2.05, 4.69) is 5.32 Å². The average molecular weight is 338 g/mol. The second kappa shape index (κ2) is 7.70. The van der Waals surface area contributed by atoms with Crippen LogP contribution >= 0.6 is 0 Å². The Morgan fingerprint density at radius 1 is 1.04 bits per heavy atom. The highest BCUT2D eigenvalue weighted by molar-refractivity contribution is 7.89. The standard InChI is InChI=1S/C16H22N2O4S/c1-13(19)5-10-16(20)17-14-6-8-15(9-7-14)23(21,22)18-11-3-2-4-12-18/h6-9H,2-5,10-12H2,1H3,(H,17,20). The highest BCUT2D eigenvalue weighted by atomic mass is 32.2. The zero-order valence-corrected chi connectivity index (χ0v) is 14.1. The molecule has 0 aliphatic carbocycles. The Morgan fingerprint density at radius 2 is 1.65 bits per heavy atom. The smallest absolute Gasteiger partial charge is 0.243 e.